The third-order valence-corrected chi connectivity index (χ3v) is 4.84. The maximum absolute atomic E-state index is 5.21. The molecule has 0 bridgehead atoms. The Hall–Kier alpha value is -2.76. The van der Waals surface area contributed by atoms with Crippen molar-refractivity contribution in [1.29, 1.82) is 0 Å². The number of anilines is 1. The van der Waals surface area contributed by atoms with Gasteiger partial charge in [0.1, 0.15) is 11.6 Å². The van der Waals surface area contributed by atoms with Gasteiger partial charge in [0, 0.05) is 46.5 Å². The predicted octanol–water partition coefficient (Wildman–Crippen LogP) is 2.90. The number of nitrogens with one attached hydrogen (secondary N) is 1. The van der Waals surface area contributed by atoms with E-state index in [4.69, 9.17) is 4.74 Å². The van der Waals surface area contributed by atoms with Gasteiger partial charge in [-0.3, -0.25) is 4.99 Å². The van der Waals surface area contributed by atoms with E-state index in [1.165, 1.54) is 18.4 Å². The molecule has 27 heavy (non-hydrogen) atoms. The smallest absolute Gasteiger partial charge is 0.193 e. The SMILES string of the molecule is CN=C(NCc1ccc(N2CCCC2)nc1)N(C)Cc1ccc(OC)cc1. The number of pyridine rings is 1. The van der Waals surface area contributed by atoms with Gasteiger partial charge in [0.15, 0.2) is 5.96 Å². The molecule has 1 aromatic heterocycles. The minimum Gasteiger partial charge on any atom is -0.497 e. The maximum Gasteiger partial charge on any atom is 0.193 e. The topological polar surface area (TPSA) is 53.0 Å². The molecule has 1 aliphatic heterocycles. The molecule has 1 saturated heterocycles. The van der Waals surface area contributed by atoms with E-state index in [1.54, 1.807) is 7.11 Å². The average Bonchev–Trinajstić information content (AvgIpc) is 3.24. The average molecular weight is 367 g/mol. The Morgan fingerprint density at radius 2 is 1.85 bits per heavy atom. The van der Waals surface area contributed by atoms with Crippen LogP contribution in [0.15, 0.2) is 47.6 Å². The lowest BCUT2D eigenvalue weighted by Gasteiger charge is -2.22. The van der Waals surface area contributed by atoms with Gasteiger partial charge in [-0.05, 0) is 42.2 Å². The molecule has 0 atom stereocenters. The van der Waals surface area contributed by atoms with Crippen LogP contribution in [0, 0.1) is 0 Å². The van der Waals surface area contributed by atoms with E-state index >= 15 is 0 Å². The Labute approximate surface area is 161 Å². The first-order chi connectivity index (χ1) is 13.2. The van der Waals surface area contributed by atoms with Gasteiger partial charge in [-0.2, -0.15) is 0 Å². The van der Waals surface area contributed by atoms with Gasteiger partial charge >= 0.3 is 0 Å². The zero-order valence-electron chi connectivity index (χ0n) is 16.5. The molecule has 0 spiro atoms. The lowest BCUT2D eigenvalue weighted by atomic mass is 10.2. The van der Waals surface area contributed by atoms with Crippen LogP contribution in [0.3, 0.4) is 0 Å². The number of hydrogen-bond acceptors (Lipinski definition) is 4. The zero-order valence-corrected chi connectivity index (χ0v) is 16.5. The van der Waals surface area contributed by atoms with Crippen molar-refractivity contribution < 1.29 is 4.74 Å². The Balaban J connectivity index is 1.53. The first kappa shape index (κ1) is 19.0. The van der Waals surface area contributed by atoms with E-state index in [1.807, 2.05) is 32.4 Å². The Morgan fingerprint density at radius 1 is 1.15 bits per heavy atom. The summed E-state index contributed by atoms with van der Waals surface area (Å²) in [5, 5.41) is 3.41. The van der Waals surface area contributed by atoms with Gasteiger partial charge in [-0.25, -0.2) is 4.98 Å². The first-order valence-electron chi connectivity index (χ1n) is 9.44. The van der Waals surface area contributed by atoms with Crippen molar-refractivity contribution in [2.24, 2.45) is 4.99 Å². The van der Waals surface area contributed by atoms with Crippen LogP contribution in [0.5, 0.6) is 5.75 Å². The van der Waals surface area contributed by atoms with Crippen LogP contribution in [0.1, 0.15) is 24.0 Å². The molecule has 2 heterocycles. The van der Waals surface area contributed by atoms with Crippen LogP contribution >= 0.6 is 0 Å². The van der Waals surface area contributed by atoms with Crippen molar-refractivity contribution in [3.05, 3.63) is 53.7 Å². The number of aromatic nitrogens is 1. The molecule has 3 rings (SSSR count). The van der Waals surface area contributed by atoms with Crippen LogP contribution in [0.4, 0.5) is 5.82 Å². The second-order valence-electron chi connectivity index (χ2n) is 6.82. The molecule has 6 heteroatoms. The summed E-state index contributed by atoms with van der Waals surface area (Å²) in [4.78, 5) is 13.5. The number of hydrogen-bond donors (Lipinski definition) is 1. The van der Waals surface area contributed by atoms with Gasteiger partial charge in [-0.1, -0.05) is 18.2 Å². The summed E-state index contributed by atoms with van der Waals surface area (Å²) in [6, 6.07) is 12.4. The predicted molar refractivity (Wildman–Crippen MR) is 110 cm³/mol. The number of benzene rings is 1. The molecule has 1 fully saturated rings. The van der Waals surface area contributed by atoms with Crippen molar-refractivity contribution in [3.63, 3.8) is 0 Å². The van der Waals surface area contributed by atoms with Gasteiger partial charge in [-0.15, -0.1) is 0 Å². The van der Waals surface area contributed by atoms with Crippen LogP contribution in [-0.2, 0) is 13.1 Å². The molecule has 1 aromatic carbocycles. The monoisotopic (exact) mass is 367 g/mol. The molecule has 144 valence electrons. The van der Waals surface area contributed by atoms with E-state index in [0.29, 0.717) is 6.54 Å². The van der Waals surface area contributed by atoms with Crippen LogP contribution < -0.4 is 15.0 Å². The second-order valence-corrected chi connectivity index (χ2v) is 6.82. The van der Waals surface area contributed by atoms with Crippen LogP contribution in [-0.4, -0.2) is 50.1 Å². The maximum atomic E-state index is 5.21. The zero-order chi connectivity index (χ0) is 19.1. The van der Waals surface area contributed by atoms with Crippen molar-refractivity contribution in [3.8, 4) is 5.75 Å². The number of guanidine groups is 1. The van der Waals surface area contributed by atoms with Gasteiger partial charge in [0.2, 0.25) is 0 Å². The summed E-state index contributed by atoms with van der Waals surface area (Å²) >= 11 is 0. The molecular formula is C21H29N5O. The quantitative estimate of drug-likeness (QED) is 0.628. The minimum atomic E-state index is 0.701. The molecule has 0 aliphatic carbocycles. The first-order valence-corrected chi connectivity index (χ1v) is 9.44. The van der Waals surface area contributed by atoms with Crippen molar-refractivity contribution in [1.82, 2.24) is 15.2 Å². The third-order valence-electron chi connectivity index (χ3n) is 4.84. The van der Waals surface area contributed by atoms with Crippen LogP contribution in [0.2, 0.25) is 0 Å². The summed E-state index contributed by atoms with van der Waals surface area (Å²) in [6.07, 6.45) is 4.49. The molecule has 0 radical (unpaired) electrons. The third kappa shape index (κ3) is 5.12. The highest BCUT2D eigenvalue weighted by Crippen LogP contribution is 2.17. The lowest BCUT2D eigenvalue weighted by molar-refractivity contribution is 0.414. The lowest BCUT2D eigenvalue weighted by Crippen LogP contribution is -2.38. The fraction of sp³-hybridized carbons (Fsp3) is 0.429. The van der Waals surface area contributed by atoms with Crippen LogP contribution in [0.25, 0.3) is 0 Å². The Kier molecular flexibility index (Phi) is 6.52. The summed E-state index contributed by atoms with van der Waals surface area (Å²) in [6.45, 7) is 3.71. The van der Waals surface area contributed by atoms with Crippen molar-refractivity contribution >= 4 is 11.8 Å². The van der Waals surface area contributed by atoms with E-state index in [9.17, 15) is 0 Å². The highest BCUT2D eigenvalue weighted by atomic mass is 16.5. The number of methoxy groups -OCH3 is 1. The van der Waals surface area contributed by atoms with E-state index in [-0.39, 0.29) is 0 Å². The molecule has 0 saturated carbocycles. The number of nitrogens with zero attached hydrogens (tertiary/aromatic N) is 4. The highest BCUT2D eigenvalue weighted by molar-refractivity contribution is 5.79. The highest BCUT2D eigenvalue weighted by Gasteiger charge is 2.13. The fourth-order valence-corrected chi connectivity index (χ4v) is 3.30. The Bertz CT molecular complexity index is 736. The standard InChI is InChI=1S/C21H29N5O/c1-22-21(25(2)16-17-6-9-19(27-3)10-7-17)24-15-18-8-11-20(23-14-18)26-12-4-5-13-26/h6-11,14H,4-5,12-13,15-16H2,1-3H3,(H,22,24). The number of rotatable bonds is 6. The van der Waals surface area contributed by atoms with Crippen molar-refractivity contribution in [2.75, 3.05) is 39.2 Å². The number of ether oxygens (including phenoxy) is 1. The summed E-state index contributed by atoms with van der Waals surface area (Å²) in [5.41, 5.74) is 2.36. The minimum absolute atomic E-state index is 0.701. The summed E-state index contributed by atoms with van der Waals surface area (Å²) in [5.74, 6) is 2.81. The van der Waals surface area contributed by atoms with Gasteiger partial charge in [0.25, 0.3) is 0 Å². The summed E-state index contributed by atoms with van der Waals surface area (Å²) in [7, 11) is 5.52. The Morgan fingerprint density at radius 3 is 2.44 bits per heavy atom. The molecule has 1 aliphatic rings. The molecule has 0 amide bonds. The van der Waals surface area contributed by atoms with Gasteiger partial charge < -0.3 is 19.9 Å². The molecular weight excluding hydrogens is 338 g/mol. The van der Waals surface area contributed by atoms with E-state index in [0.717, 1.165) is 42.7 Å². The molecule has 6 nitrogen and oxygen atoms in total. The molecule has 1 N–H and O–H groups in total. The molecule has 0 unspecified atom stereocenters. The number of aliphatic imine (C=N–C) groups is 1. The van der Waals surface area contributed by atoms with Crippen molar-refractivity contribution in [2.45, 2.75) is 25.9 Å². The van der Waals surface area contributed by atoms with E-state index in [2.05, 4.69) is 49.4 Å². The van der Waals surface area contributed by atoms with E-state index < -0.39 is 0 Å². The molecule has 2 aromatic rings. The normalized spacial score (nSPS) is 14.3. The fourth-order valence-electron chi connectivity index (χ4n) is 3.30. The second kappa shape index (κ2) is 9.26. The van der Waals surface area contributed by atoms with Gasteiger partial charge in [0.05, 0.1) is 7.11 Å². The summed E-state index contributed by atoms with van der Waals surface area (Å²) < 4.78 is 5.21. The largest absolute Gasteiger partial charge is 0.497 e.